The molecule has 150 valence electrons. The van der Waals surface area contributed by atoms with E-state index in [1.54, 1.807) is 0 Å². The van der Waals surface area contributed by atoms with Gasteiger partial charge in [-0.05, 0) is 60.2 Å². The van der Waals surface area contributed by atoms with Gasteiger partial charge >= 0.3 is 0 Å². The second-order valence-corrected chi connectivity index (χ2v) is 10.7. The van der Waals surface area contributed by atoms with E-state index in [1.807, 2.05) is 0 Å². The number of carbonyl (C=O) groups is 1. The number of carbonyl (C=O) groups excluding carboxylic acids is 1. The quantitative estimate of drug-likeness (QED) is 0.595. The molecule has 0 aromatic rings. The summed E-state index contributed by atoms with van der Waals surface area (Å²) in [7, 11) is 0. The van der Waals surface area contributed by atoms with Crippen LogP contribution in [0.2, 0.25) is 0 Å². The molecule has 0 N–H and O–H groups in total. The zero-order valence-corrected chi connectivity index (χ0v) is 17.9. The molecule has 3 rings (SSSR count). The van der Waals surface area contributed by atoms with Crippen molar-refractivity contribution in [2.75, 3.05) is 13.2 Å². The minimum absolute atomic E-state index is 0.00675. The number of rotatable bonds is 5. The van der Waals surface area contributed by atoms with Crippen molar-refractivity contribution in [1.82, 2.24) is 0 Å². The summed E-state index contributed by atoms with van der Waals surface area (Å²) >= 11 is 0. The third kappa shape index (κ3) is 2.98. The van der Waals surface area contributed by atoms with Crippen LogP contribution in [-0.4, -0.2) is 25.3 Å². The molecule has 0 aromatic heterocycles. The van der Waals surface area contributed by atoms with Gasteiger partial charge in [0.1, 0.15) is 6.29 Å². The minimum atomic E-state index is -0.317. The number of fused-ring (bicyclic) bond motifs is 2. The fraction of sp³-hybridized carbons (Fsp3) is 0.957. The first kappa shape index (κ1) is 20.3. The molecular weight excluding hydrogens is 324 g/mol. The summed E-state index contributed by atoms with van der Waals surface area (Å²) in [5, 5.41) is 0. The van der Waals surface area contributed by atoms with Crippen molar-refractivity contribution in [2.24, 2.45) is 34.0 Å². The van der Waals surface area contributed by atoms with Crippen molar-refractivity contribution < 1.29 is 14.3 Å². The summed E-state index contributed by atoms with van der Waals surface area (Å²) in [6.07, 6.45) is 8.79. The first-order valence-corrected chi connectivity index (χ1v) is 10.8. The van der Waals surface area contributed by atoms with Gasteiger partial charge < -0.3 is 14.3 Å². The molecule has 0 amide bonds. The Hall–Kier alpha value is -0.410. The highest BCUT2D eigenvalue weighted by atomic mass is 16.7. The third-order valence-electron chi connectivity index (χ3n) is 9.24. The number of aldehydes is 1. The molecule has 1 saturated heterocycles. The maximum atomic E-state index is 11.3. The van der Waals surface area contributed by atoms with E-state index in [0.29, 0.717) is 24.2 Å². The van der Waals surface area contributed by atoms with Gasteiger partial charge in [0.2, 0.25) is 0 Å². The minimum Gasteiger partial charge on any atom is -0.350 e. The average Bonchev–Trinajstić information content (AvgIpc) is 2.93. The number of hydrogen-bond donors (Lipinski definition) is 0. The molecule has 0 aromatic carbocycles. The van der Waals surface area contributed by atoms with Gasteiger partial charge in [-0.2, -0.15) is 0 Å². The molecule has 3 fully saturated rings. The lowest BCUT2D eigenvalue weighted by molar-refractivity contribution is -0.323. The lowest BCUT2D eigenvalue weighted by Crippen LogP contribution is -2.56. The van der Waals surface area contributed by atoms with Gasteiger partial charge in [0.15, 0.2) is 5.79 Å². The molecular formula is C23H40O3. The van der Waals surface area contributed by atoms with Gasteiger partial charge in [-0.15, -0.1) is 0 Å². The second-order valence-electron chi connectivity index (χ2n) is 10.7. The van der Waals surface area contributed by atoms with Gasteiger partial charge in [-0.25, -0.2) is 0 Å². The Balaban J connectivity index is 1.87. The highest BCUT2D eigenvalue weighted by Gasteiger charge is 2.62. The van der Waals surface area contributed by atoms with Crippen LogP contribution in [0, 0.1) is 34.0 Å². The van der Waals surface area contributed by atoms with Crippen LogP contribution >= 0.6 is 0 Å². The van der Waals surface area contributed by atoms with Crippen molar-refractivity contribution in [3.8, 4) is 0 Å². The maximum absolute atomic E-state index is 11.3. The van der Waals surface area contributed by atoms with Gasteiger partial charge in [0.25, 0.3) is 0 Å². The lowest BCUT2D eigenvalue weighted by atomic mass is 9.52. The normalized spacial score (nSPS) is 35.9. The predicted octanol–water partition coefficient (Wildman–Crippen LogP) is 5.61. The number of hydrogen-bond acceptors (Lipinski definition) is 3. The van der Waals surface area contributed by atoms with Crippen molar-refractivity contribution >= 4 is 6.29 Å². The molecule has 3 nitrogen and oxygen atoms in total. The standard InChI is InChI=1S/C23H40O3/c1-17(21(4,5)20(2,3)13-14-24)18-9-10-19-22(18,6)11-7-12-23(19)25-15-8-16-26-23/h14,17-19H,7-13,15-16H2,1-6H3. The van der Waals surface area contributed by atoms with Crippen LogP contribution in [0.1, 0.15) is 86.5 Å². The van der Waals surface area contributed by atoms with Gasteiger partial charge in [-0.3, -0.25) is 0 Å². The predicted molar refractivity (Wildman–Crippen MR) is 105 cm³/mol. The van der Waals surface area contributed by atoms with E-state index in [4.69, 9.17) is 9.47 Å². The summed E-state index contributed by atoms with van der Waals surface area (Å²) in [6.45, 7) is 15.9. The Labute approximate surface area is 160 Å². The summed E-state index contributed by atoms with van der Waals surface area (Å²) < 4.78 is 12.7. The van der Waals surface area contributed by atoms with Crippen molar-refractivity contribution in [1.29, 1.82) is 0 Å². The van der Waals surface area contributed by atoms with E-state index < -0.39 is 0 Å². The SMILES string of the molecule is CC(C1CCC2C3(CCCC12C)OCCCO3)C(C)(C)C(C)(C)CC=O. The summed E-state index contributed by atoms with van der Waals surface area (Å²) in [5.74, 6) is 1.43. The van der Waals surface area contributed by atoms with Crippen molar-refractivity contribution in [3.05, 3.63) is 0 Å². The van der Waals surface area contributed by atoms with E-state index in [2.05, 4.69) is 41.5 Å². The average molecular weight is 365 g/mol. The fourth-order valence-electron chi connectivity index (χ4n) is 6.58. The molecule has 1 spiro atoms. The zero-order chi connectivity index (χ0) is 19.2. The largest absolute Gasteiger partial charge is 0.350 e. The zero-order valence-electron chi connectivity index (χ0n) is 17.9. The molecule has 3 aliphatic rings. The Kier molecular flexibility index (Phi) is 5.38. The maximum Gasteiger partial charge on any atom is 0.171 e. The molecule has 3 heteroatoms. The molecule has 1 aliphatic heterocycles. The van der Waals surface area contributed by atoms with E-state index in [-0.39, 0.29) is 22.0 Å². The van der Waals surface area contributed by atoms with E-state index in [9.17, 15) is 4.79 Å². The Morgan fingerprint density at radius 2 is 1.73 bits per heavy atom. The molecule has 4 atom stereocenters. The van der Waals surface area contributed by atoms with E-state index in [1.165, 1.54) is 25.7 Å². The summed E-state index contributed by atoms with van der Waals surface area (Å²) in [5.41, 5.74) is 0.395. The molecule has 1 heterocycles. The Bertz CT molecular complexity index is 512. The third-order valence-corrected chi connectivity index (χ3v) is 9.24. The van der Waals surface area contributed by atoms with Crippen LogP contribution in [0.4, 0.5) is 0 Å². The van der Waals surface area contributed by atoms with Crippen LogP contribution in [0.5, 0.6) is 0 Å². The van der Waals surface area contributed by atoms with Crippen molar-refractivity contribution in [3.63, 3.8) is 0 Å². The molecule has 2 saturated carbocycles. The smallest absolute Gasteiger partial charge is 0.171 e. The van der Waals surface area contributed by atoms with Crippen LogP contribution in [0.15, 0.2) is 0 Å². The first-order valence-electron chi connectivity index (χ1n) is 10.8. The monoisotopic (exact) mass is 364 g/mol. The van der Waals surface area contributed by atoms with E-state index >= 15 is 0 Å². The molecule has 2 aliphatic carbocycles. The van der Waals surface area contributed by atoms with E-state index in [0.717, 1.165) is 32.3 Å². The Morgan fingerprint density at radius 3 is 2.35 bits per heavy atom. The van der Waals surface area contributed by atoms with Crippen LogP contribution in [0.3, 0.4) is 0 Å². The molecule has 4 unspecified atom stereocenters. The highest BCUT2D eigenvalue weighted by molar-refractivity contribution is 5.50. The highest BCUT2D eigenvalue weighted by Crippen LogP contribution is 2.65. The van der Waals surface area contributed by atoms with Gasteiger partial charge in [0, 0.05) is 18.8 Å². The summed E-state index contributed by atoms with van der Waals surface area (Å²) in [4.78, 5) is 11.3. The van der Waals surface area contributed by atoms with Crippen LogP contribution in [-0.2, 0) is 14.3 Å². The van der Waals surface area contributed by atoms with Crippen LogP contribution < -0.4 is 0 Å². The number of ether oxygens (including phenoxy) is 2. The topological polar surface area (TPSA) is 35.5 Å². The fourth-order valence-corrected chi connectivity index (χ4v) is 6.58. The second kappa shape index (κ2) is 6.88. The van der Waals surface area contributed by atoms with Crippen molar-refractivity contribution in [2.45, 2.75) is 92.3 Å². The molecule has 26 heavy (non-hydrogen) atoms. The molecule has 0 bridgehead atoms. The van der Waals surface area contributed by atoms with Crippen LogP contribution in [0.25, 0.3) is 0 Å². The first-order chi connectivity index (χ1) is 12.1. The lowest BCUT2D eigenvalue weighted by Gasteiger charge is -2.56. The van der Waals surface area contributed by atoms with Gasteiger partial charge in [-0.1, -0.05) is 41.5 Å². The molecule has 0 radical (unpaired) electrons. The summed E-state index contributed by atoms with van der Waals surface area (Å²) in [6, 6.07) is 0. The Morgan fingerprint density at radius 1 is 1.08 bits per heavy atom. The van der Waals surface area contributed by atoms with Gasteiger partial charge in [0.05, 0.1) is 13.2 Å².